The molecule has 3 N–H and O–H groups in total. The molecular formula is C6H13N2O. The van der Waals surface area contributed by atoms with E-state index >= 15 is 0 Å². The molecule has 0 heterocycles. The number of hydrogen-bond acceptors (Lipinski definition) is 3. The minimum atomic E-state index is -0.141. The van der Waals surface area contributed by atoms with Crippen molar-refractivity contribution in [3.8, 4) is 0 Å². The Hall–Kier alpha value is -0.410. The normalized spacial score (nSPS) is 11.4. The molecule has 0 fully saturated rings. The number of nitrogens with one attached hydrogen (secondary N) is 1. The number of rotatable bonds is 4. The van der Waals surface area contributed by atoms with Gasteiger partial charge in [0.2, 0.25) is 6.29 Å². The fourth-order valence-electron chi connectivity index (χ4n) is 0.348. The Morgan fingerprint density at radius 3 is 2.56 bits per heavy atom. The molecule has 0 rings (SSSR count). The first-order valence-corrected chi connectivity index (χ1v) is 2.92. The molecule has 0 bridgehead atoms. The molecule has 0 spiro atoms. The maximum absolute atomic E-state index is 9.74. The van der Waals surface area contributed by atoms with Crippen molar-refractivity contribution < 1.29 is 4.79 Å². The maximum Gasteiger partial charge on any atom is 0.213 e. The van der Waals surface area contributed by atoms with Crippen molar-refractivity contribution in [1.29, 1.82) is 0 Å². The lowest BCUT2D eigenvalue weighted by Crippen LogP contribution is -2.46. The molecule has 0 saturated carbocycles. The molecule has 0 aromatic rings. The number of carbonyl (C=O) groups excluding carboxylic acids is 1. The summed E-state index contributed by atoms with van der Waals surface area (Å²) in [5.74, 6) is 0. The third-order valence-corrected chi connectivity index (χ3v) is 1.15. The predicted molar refractivity (Wildman–Crippen MR) is 36.8 cm³/mol. The Kier molecular flexibility index (Phi) is 3.42. The van der Waals surface area contributed by atoms with Gasteiger partial charge in [0, 0.05) is 12.1 Å². The van der Waals surface area contributed by atoms with Crippen molar-refractivity contribution in [3.63, 3.8) is 0 Å². The first-order valence-electron chi connectivity index (χ1n) is 2.92. The van der Waals surface area contributed by atoms with E-state index in [4.69, 9.17) is 5.73 Å². The first-order chi connectivity index (χ1) is 4.12. The van der Waals surface area contributed by atoms with Crippen LogP contribution in [0.2, 0.25) is 0 Å². The number of hydrogen-bond donors (Lipinski definition) is 2. The lowest BCUT2D eigenvalue weighted by Gasteiger charge is -2.22. The maximum atomic E-state index is 9.74. The van der Waals surface area contributed by atoms with Crippen LogP contribution in [0.5, 0.6) is 0 Å². The fraction of sp³-hybridized carbons (Fsp3) is 0.833. The van der Waals surface area contributed by atoms with Crippen LogP contribution < -0.4 is 11.1 Å². The second-order valence-corrected chi connectivity index (χ2v) is 2.59. The Balaban J connectivity index is 3.44. The molecule has 53 valence electrons. The van der Waals surface area contributed by atoms with Crippen LogP contribution in [-0.4, -0.2) is 24.9 Å². The molecule has 3 heteroatoms. The molecule has 0 amide bonds. The van der Waals surface area contributed by atoms with E-state index in [1.165, 1.54) is 0 Å². The molecule has 0 aliphatic rings. The third-order valence-electron chi connectivity index (χ3n) is 1.15. The van der Waals surface area contributed by atoms with Gasteiger partial charge in [-0.05, 0) is 13.8 Å². The summed E-state index contributed by atoms with van der Waals surface area (Å²) in [6, 6.07) is 0. The van der Waals surface area contributed by atoms with Crippen molar-refractivity contribution in [2.45, 2.75) is 19.4 Å². The highest BCUT2D eigenvalue weighted by atomic mass is 16.1. The predicted octanol–water partition coefficient (Wildman–Crippen LogP) is -0.577. The fourth-order valence-corrected chi connectivity index (χ4v) is 0.348. The monoisotopic (exact) mass is 129 g/mol. The summed E-state index contributed by atoms with van der Waals surface area (Å²) in [4.78, 5) is 9.74. The summed E-state index contributed by atoms with van der Waals surface area (Å²) in [7, 11) is 0. The van der Waals surface area contributed by atoms with Crippen molar-refractivity contribution in [1.82, 2.24) is 5.32 Å². The first kappa shape index (κ1) is 8.59. The smallest absolute Gasteiger partial charge is 0.213 e. The van der Waals surface area contributed by atoms with E-state index < -0.39 is 0 Å². The Morgan fingerprint density at radius 2 is 2.22 bits per heavy atom. The van der Waals surface area contributed by atoms with E-state index in [0.717, 1.165) is 0 Å². The molecule has 0 unspecified atom stereocenters. The summed E-state index contributed by atoms with van der Waals surface area (Å²) >= 11 is 0. The van der Waals surface area contributed by atoms with Crippen molar-refractivity contribution >= 4 is 6.29 Å². The van der Waals surface area contributed by atoms with Gasteiger partial charge in [-0.2, -0.15) is 0 Å². The molecule has 0 aliphatic heterocycles. The molecule has 9 heavy (non-hydrogen) atoms. The quantitative estimate of drug-likeness (QED) is 0.534. The van der Waals surface area contributed by atoms with Crippen LogP contribution in [0.4, 0.5) is 0 Å². The Bertz CT molecular complexity index is 91.1. The highest BCUT2D eigenvalue weighted by Crippen LogP contribution is 1.95. The van der Waals surface area contributed by atoms with Gasteiger partial charge in [0.1, 0.15) is 0 Å². The second-order valence-electron chi connectivity index (χ2n) is 2.59. The third kappa shape index (κ3) is 4.12. The average Bonchev–Trinajstić information content (AvgIpc) is 1.84. The highest BCUT2D eigenvalue weighted by Gasteiger charge is 2.12. The van der Waals surface area contributed by atoms with Gasteiger partial charge in [-0.1, -0.05) is 0 Å². The van der Waals surface area contributed by atoms with Crippen molar-refractivity contribution in [3.05, 3.63) is 0 Å². The summed E-state index contributed by atoms with van der Waals surface area (Å²) < 4.78 is 0. The van der Waals surface area contributed by atoms with E-state index in [-0.39, 0.29) is 12.1 Å². The van der Waals surface area contributed by atoms with E-state index in [9.17, 15) is 4.79 Å². The van der Waals surface area contributed by atoms with Crippen LogP contribution in [0.25, 0.3) is 0 Å². The van der Waals surface area contributed by atoms with Gasteiger partial charge in [0.05, 0.1) is 6.54 Å². The Morgan fingerprint density at radius 1 is 1.67 bits per heavy atom. The Labute approximate surface area is 55.6 Å². The zero-order chi connectivity index (χ0) is 7.33. The van der Waals surface area contributed by atoms with Gasteiger partial charge >= 0.3 is 0 Å². The van der Waals surface area contributed by atoms with Gasteiger partial charge in [-0.25, -0.2) is 0 Å². The van der Waals surface area contributed by atoms with Crippen molar-refractivity contribution in [2.24, 2.45) is 5.73 Å². The minimum Gasteiger partial charge on any atom is -0.329 e. The zero-order valence-electron chi connectivity index (χ0n) is 5.90. The van der Waals surface area contributed by atoms with Crippen LogP contribution in [0.3, 0.4) is 0 Å². The van der Waals surface area contributed by atoms with Gasteiger partial charge in [-0.15, -0.1) is 0 Å². The largest absolute Gasteiger partial charge is 0.329 e. The van der Waals surface area contributed by atoms with Crippen molar-refractivity contribution in [2.75, 3.05) is 13.1 Å². The van der Waals surface area contributed by atoms with Gasteiger partial charge in [-0.3, -0.25) is 4.79 Å². The number of nitrogens with two attached hydrogens (primary N) is 1. The SMILES string of the molecule is CC(C)(CN)NC[C]=O. The highest BCUT2D eigenvalue weighted by molar-refractivity contribution is 5.53. The lowest BCUT2D eigenvalue weighted by atomic mass is 10.1. The second kappa shape index (κ2) is 3.58. The van der Waals surface area contributed by atoms with E-state index in [1.807, 2.05) is 13.8 Å². The van der Waals surface area contributed by atoms with Gasteiger partial charge in [0.25, 0.3) is 0 Å². The topological polar surface area (TPSA) is 55.1 Å². The molecule has 1 radical (unpaired) electrons. The van der Waals surface area contributed by atoms with E-state index in [0.29, 0.717) is 6.54 Å². The summed E-state index contributed by atoms with van der Waals surface area (Å²) in [5, 5.41) is 2.91. The van der Waals surface area contributed by atoms with E-state index in [1.54, 1.807) is 6.29 Å². The lowest BCUT2D eigenvalue weighted by molar-refractivity contribution is 0.417. The molecule has 0 atom stereocenters. The molecule has 0 aromatic heterocycles. The minimum absolute atomic E-state index is 0.141. The van der Waals surface area contributed by atoms with Crippen LogP contribution in [0.15, 0.2) is 0 Å². The van der Waals surface area contributed by atoms with Crippen LogP contribution >= 0.6 is 0 Å². The summed E-state index contributed by atoms with van der Waals surface area (Å²) in [5.41, 5.74) is 5.21. The molecule has 0 aliphatic carbocycles. The zero-order valence-corrected chi connectivity index (χ0v) is 5.90. The molecular weight excluding hydrogens is 116 g/mol. The van der Waals surface area contributed by atoms with Gasteiger partial charge < -0.3 is 11.1 Å². The van der Waals surface area contributed by atoms with Gasteiger partial charge in [0.15, 0.2) is 0 Å². The molecule has 0 saturated heterocycles. The molecule has 3 nitrogen and oxygen atoms in total. The van der Waals surface area contributed by atoms with E-state index in [2.05, 4.69) is 5.32 Å². The summed E-state index contributed by atoms with van der Waals surface area (Å²) in [6.07, 6.45) is 1.74. The van der Waals surface area contributed by atoms with Crippen LogP contribution in [0.1, 0.15) is 13.8 Å². The average molecular weight is 129 g/mol. The molecule has 0 aromatic carbocycles. The van der Waals surface area contributed by atoms with Crippen LogP contribution in [-0.2, 0) is 4.79 Å². The van der Waals surface area contributed by atoms with Crippen LogP contribution in [0, 0.1) is 0 Å². The summed E-state index contributed by atoms with van der Waals surface area (Å²) in [6.45, 7) is 4.65. The standard InChI is InChI=1S/C6H13N2O/c1-6(2,5-7)8-3-4-9/h8H,3,5,7H2,1-2H3.